The molecule has 0 spiro atoms. The van der Waals surface area contributed by atoms with E-state index in [4.69, 9.17) is 23.2 Å². The first-order valence-corrected chi connectivity index (χ1v) is 10.2. The number of nitrogens with zero attached hydrogens (tertiary/aromatic N) is 2. The van der Waals surface area contributed by atoms with Crippen LogP contribution in [0.15, 0.2) is 36.7 Å². The number of hydrogen-bond donors (Lipinski definition) is 3. The average Bonchev–Trinajstić information content (AvgIpc) is 3.27. The van der Waals surface area contributed by atoms with Gasteiger partial charge in [0, 0.05) is 34.6 Å². The van der Waals surface area contributed by atoms with E-state index in [9.17, 15) is 18.0 Å². The van der Waals surface area contributed by atoms with Gasteiger partial charge in [0.15, 0.2) is 0 Å². The van der Waals surface area contributed by atoms with E-state index in [2.05, 4.69) is 20.6 Å². The molecule has 1 aliphatic heterocycles. The third kappa shape index (κ3) is 5.23. The molecule has 0 aliphatic carbocycles. The summed E-state index contributed by atoms with van der Waals surface area (Å²) in [7, 11) is 0. The van der Waals surface area contributed by atoms with Crippen molar-refractivity contribution in [3.63, 3.8) is 0 Å². The number of halogens is 5. The van der Waals surface area contributed by atoms with Gasteiger partial charge in [0.1, 0.15) is 0 Å². The van der Waals surface area contributed by atoms with Crippen LogP contribution in [0.2, 0.25) is 10.0 Å². The Morgan fingerprint density at radius 2 is 2.06 bits per heavy atom. The Labute approximate surface area is 185 Å². The molecule has 0 bridgehead atoms. The number of urea groups is 1. The van der Waals surface area contributed by atoms with Crippen LogP contribution in [0, 0.1) is 0 Å². The molecule has 1 unspecified atom stereocenters. The number of likely N-dealkylation sites (tertiary alicyclic amines) is 1. The van der Waals surface area contributed by atoms with E-state index in [-0.39, 0.29) is 12.5 Å². The Morgan fingerprint density at radius 3 is 2.81 bits per heavy atom. The topological polar surface area (TPSA) is 73.1 Å². The molecular weight excluding hydrogens is 454 g/mol. The molecule has 2 amide bonds. The lowest BCUT2D eigenvalue weighted by molar-refractivity contribution is -0.143. The van der Waals surface area contributed by atoms with Crippen LogP contribution in [-0.2, 0) is 0 Å². The average molecular weight is 472 g/mol. The summed E-state index contributed by atoms with van der Waals surface area (Å²) < 4.78 is 37.8. The zero-order valence-corrected chi connectivity index (χ0v) is 17.6. The molecule has 1 atom stereocenters. The predicted molar refractivity (Wildman–Crippen MR) is 115 cm³/mol. The molecule has 0 saturated carbocycles. The molecule has 31 heavy (non-hydrogen) atoms. The van der Waals surface area contributed by atoms with E-state index in [1.54, 1.807) is 24.4 Å². The van der Waals surface area contributed by atoms with E-state index >= 15 is 0 Å². The number of fused-ring (bicyclic) bond motifs is 1. The van der Waals surface area contributed by atoms with Gasteiger partial charge in [-0.25, -0.2) is 4.79 Å². The largest absolute Gasteiger partial charge is 0.401 e. The fourth-order valence-corrected chi connectivity index (χ4v) is 4.24. The van der Waals surface area contributed by atoms with Crippen LogP contribution in [0.5, 0.6) is 0 Å². The maximum absolute atomic E-state index is 12.6. The second-order valence-electron chi connectivity index (χ2n) is 7.40. The number of nitrogens with one attached hydrogen (secondary N) is 3. The summed E-state index contributed by atoms with van der Waals surface area (Å²) in [6, 6.07) is 6.33. The highest BCUT2D eigenvalue weighted by Gasteiger charge is 2.35. The summed E-state index contributed by atoms with van der Waals surface area (Å²) in [4.78, 5) is 21.1. The summed E-state index contributed by atoms with van der Waals surface area (Å²) in [6.45, 7) is -0.373. The second kappa shape index (κ2) is 8.57. The van der Waals surface area contributed by atoms with Crippen molar-refractivity contribution in [1.29, 1.82) is 0 Å². The number of amides is 2. The van der Waals surface area contributed by atoms with Gasteiger partial charge >= 0.3 is 12.2 Å². The summed E-state index contributed by atoms with van der Waals surface area (Å²) in [5.74, 6) is -0.186. The minimum atomic E-state index is -4.23. The first-order valence-electron chi connectivity index (χ1n) is 9.47. The second-order valence-corrected chi connectivity index (χ2v) is 8.24. The molecule has 164 valence electrons. The Balaban J connectivity index is 1.40. The van der Waals surface area contributed by atoms with Crippen LogP contribution in [0.1, 0.15) is 18.0 Å². The number of carbonyl (C=O) groups excluding carboxylic acids is 1. The summed E-state index contributed by atoms with van der Waals surface area (Å²) in [5.41, 5.74) is 2.28. The van der Waals surface area contributed by atoms with Crippen molar-refractivity contribution in [2.75, 3.05) is 30.3 Å². The number of H-pyrrole nitrogens is 1. The van der Waals surface area contributed by atoms with Crippen LogP contribution in [-0.4, -0.2) is 46.7 Å². The van der Waals surface area contributed by atoms with E-state index < -0.39 is 18.8 Å². The van der Waals surface area contributed by atoms with Crippen molar-refractivity contribution in [2.45, 2.75) is 18.5 Å². The molecule has 3 heterocycles. The number of benzene rings is 1. The zero-order valence-electron chi connectivity index (χ0n) is 16.1. The van der Waals surface area contributed by atoms with Crippen molar-refractivity contribution < 1.29 is 18.0 Å². The molecule has 1 saturated heterocycles. The van der Waals surface area contributed by atoms with Crippen molar-refractivity contribution in [3.8, 4) is 0 Å². The summed E-state index contributed by atoms with van der Waals surface area (Å²) >= 11 is 12.3. The molecule has 11 heteroatoms. The highest BCUT2D eigenvalue weighted by molar-refractivity contribution is 6.32. The third-order valence-electron chi connectivity index (χ3n) is 5.08. The predicted octanol–water partition coefficient (Wildman–Crippen LogP) is 5.87. The lowest BCUT2D eigenvalue weighted by Gasteiger charge is -2.18. The van der Waals surface area contributed by atoms with E-state index in [0.29, 0.717) is 40.1 Å². The zero-order chi connectivity index (χ0) is 22.2. The molecule has 1 aromatic carbocycles. The van der Waals surface area contributed by atoms with Crippen LogP contribution in [0.3, 0.4) is 0 Å². The van der Waals surface area contributed by atoms with Gasteiger partial charge in [0.05, 0.1) is 34.8 Å². The molecule has 2 aromatic heterocycles. The monoisotopic (exact) mass is 471 g/mol. The minimum absolute atomic E-state index is 0.186. The van der Waals surface area contributed by atoms with Gasteiger partial charge in [0.2, 0.25) is 0 Å². The molecule has 1 aliphatic rings. The maximum atomic E-state index is 12.6. The number of rotatable bonds is 4. The molecule has 0 radical (unpaired) electrons. The van der Waals surface area contributed by atoms with Gasteiger partial charge in [-0.3, -0.25) is 9.88 Å². The molecule has 4 rings (SSSR count). The number of pyridine rings is 1. The number of hydrogen-bond acceptors (Lipinski definition) is 3. The summed E-state index contributed by atoms with van der Waals surface area (Å²) in [6.07, 6.45) is -0.594. The lowest BCUT2D eigenvalue weighted by Crippen LogP contribution is -2.32. The highest BCUT2D eigenvalue weighted by atomic mass is 35.5. The highest BCUT2D eigenvalue weighted by Crippen LogP contribution is 2.33. The SMILES string of the molecule is O=C(Nc1cnc(C2CCN(CC(F)(F)F)C2)c(Cl)c1)Nc1c[nH]c2ccc(Cl)cc12. The Morgan fingerprint density at radius 1 is 1.26 bits per heavy atom. The number of aromatic amines is 1. The van der Waals surface area contributed by atoms with Crippen LogP contribution in [0.25, 0.3) is 10.9 Å². The molecule has 3 N–H and O–H groups in total. The van der Waals surface area contributed by atoms with Gasteiger partial charge in [-0.2, -0.15) is 13.2 Å². The van der Waals surface area contributed by atoms with Gasteiger partial charge < -0.3 is 15.6 Å². The van der Waals surface area contributed by atoms with Gasteiger partial charge in [0.25, 0.3) is 0 Å². The van der Waals surface area contributed by atoms with Crippen molar-refractivity contribution in [1.82, 2.24) is 14.9 Å². The summed E-state index contributed by atoms with van der Waals surface area (Å²) in [5, 5.41) is 7.00. The first kappa shape index (κ1) is 21.7. The first-order chi connectivity index (χ1) is 14.7. The quantitative estimate of drug-likeness (QED) is 0.445. The molecular formula is C20H18Cl2F3N5O. The fourth-order valence-electron chi connectivity index (χ4n) is 3.75. The molecule has 1 fully saturated rings. The normalized spacial score (nSPS) is 17.3. The Hall–Kier alpha value is -2.49. The lowest BCUT2D eigenvalue weighted by atomic mass is 10.0. The van der Waals surface area contributed by atoms with E-state index in [0.717, 1.165) is 10.9 Å². The van der Waals surface area contributed by atoms with Gasteiger partial charge in [-0.15, -0.1) is 0 Å². The van der Waals surface area contributed by atoms with Crippen molar-refractivity contribution in [2.24, 2.45) is 0 Å². The molecule has 3 aromatic rings. The van der Waals surface area contributed by atoms with Crippen LogP contribution >= 0.6 is 23.2 Å². The number of anilines is 2. The smallest absolute Gasteiger partial charge is 0.359 e. The molecule has 6 nitrogen and oxygen atoms in total. The van der Waals surface area contributed by atoms with Gasteiger partial charge in [-0.05, 0) is 37.2 Å². The van der Waals surface area contributed by atoms with E-state index in [1.807, 2.05) is 6.07 Å². The fraction of sp³-hybridized carbons (Fsp3) is 0.300. The van der Waals surface area contributed by atoms with Crippen molar-refractivity contribution in [3.05, 3.63) is 52.4 Å². The van der Waals surface area contributed by atoms with E-state index in [1.165, 1.54) is 11.1 Å². The van der Waals surface area contributed by atoms with Crippen LogP contribution in [0.4, 0.5) is 29.3 Å². The van der Waals surface area contributed by atoms with Crippen molar-refractivity contribution >= 4 is 51.5 Å². The number of carbonyl (C=O) groups is 1. The van der Waals surface area contributed by atoms with Crippen LogP contribution < -0.4 is 10.6 Å². The number of aromatic nitrogens is 2. The Kier molecular flexibility index (Phi) is 6.00. The number of alkyl halides is 3. The maximum Gasteiger partial charge on any atom is 0.401 e. The Bertz CT molecular complexity index is 1120. The van der Waals surface area contributed by atoms with Gasteiger partial charge in [-0.1, -0.05) is 23.2 Å². The third-order valence-corrected chi connectivity index (χ3v) is 5.62. The minimum Gasteiger partial charge on any atom is -0.359 e. The standard InChI is InChI=1S/C20H18Cl2F3N5O/c21-12-1-2-16-14(5-12)17(8-26-16)29-19(31)28-13-6-15(22)18(27-7-13)11-3-4-30(9-11)10-20(23,24)25/h1-2,5-8,11,26H,3-4,9-10H2,(H2,28,29,31).